The molecule has 0 radical (unpaired) electrons. The van der Waals surface area contributed by atoms with Crippen LogP contribution < -0.4 is 4.74 Å². The van der Waals surface area contributed by atoms with Gasteiger partial charge in [-0.25, -0.2) is 9.67 Å². The average Bonchev–Trinajstić information content (AvgIpc) is 3.81. The fraction of sp³-hybridized carbons (Fsp3) is 0.156. The van der Waals surface area contributed by atoms with E-state index in [-0.39, 0.29) is 5.41 Å². The standard InChI is InChI=1S/C45H38N4O2/c1-27-20-28(2)44(29(3)21-27)38-17-19-48(47-38)31-10-9-11-32(23-31)50-33-14-15-34-36-26-42-37(35-12-7-8-13-41(35)51-42)25-40(36)49(39(34)24-33)43-22-30(16-18-46-43)45(4,5)6/h7-26H,1-6H3. The molecule has 0 aliphatic carbocycles. The van der Waals surface area contributed by atoms with Gasteiger partial charge in [-0.05, 0) is 104 Å². The van der Waals surface area contributed by atoms with Gasteiger partial charge in [0.2, 0.25) is 0 Å². The first-order valence-corrected chi connectivity index (χ1v) is 17.4. The van der Waals surface area contributed by atoms with Crippen molar-refractivity contribution in [3.63, 3.8) is 0 Å². The molecule has 0 bridgehead atoms. The maximum absolute atomic E-state index is 6.58. The number of hydrogen-bond donors (Lipinski definition) is 0. The number of ether oxygens (including phenoxy) is 1. The van der Waals surface area contributed by atoms with E-state index in [0.717, 1.165) is 72.4 Å². The fourth-order valence-corrected chi connectivity index (χ4v) is 7.54. The molecule has 0 unspecified atom stereocenters. The van der Waals surface area contributed by atoms with Crippen LogP contribution >= 0.6 is 0 Å². The minimum absolute atomic E-state index is 0.0309. The number of fused-ring (bicyclic) bond motifs is 6. The van der Waals surface area contributed by atoms with Gasteiger partial charge < -0.3 is 9.15 Å². The van der Waals surface area contributed by atoms with E-state index in [1.54, 1.807) is 0 Å². The van der Waals surface area contributed by atoms with Gasteiger partial charge in [-0.1, -0.05) is 62.7 Å². The van der Waals surface area contributed by atoms with Crippen molar-refractivity contribution >= 4 is 43.7 Å². The third kappa shape index (κ3) is 5.26. The third-order valence-corrected chi connectivity index (χ3v) is 9.92. The van der Waals surface area contributed by atoms with Crippen molar-refractivity contribution < 1.29 is 9.15 Å². The molecular formula is C45H38N4O2. The van der Waals surface area contributed by atoms with Gasteiger partial charge in [0, 0.05) is 51.6 Å². The highest BCUT2D eigenvalue weighted by Crippen LogP contribution is 2.40. The molecule has 9 rings (SSSR count). The van der Waals surface area contributed by atoms with Gasteiger partial charge in [-0.2, -0.15) is 5.10 Å². The second-order valence-corrected chi connectivity index (χ2v) is 14.6. The van der Waals surface area contributed by atoms with Crippen molar-refractivity contribution in [3.8, 4) is 34.3 Å². The zero-order chi connectivity index (χ0) is 35.0. The summed E-state index contributed by atoms with van der Waals surface area (Å²) in [5, 5.41) is 9.34. The van der Waals surface area contributed by atoms with E-state index in [1.807, 2.05) is 59.5 Å². The summed E-state index contributed by atoms with van der Waals surface area (Å²) in [7, 11) is 0. The zero-order valence-electron chi connectivity index (χ0n) is 29.7. The van der Waals surface area contributed by atoms with Crippen LogP contribution in [0.25, 0.3) is 66.5 Å². The molecule has 0 fully saturated rings. The lowest BCUT2D eigenvalue weighted by atomic mass is 9.88. The summed E-state index contributed by atoms with van der Waals surface area (Å²) in [6.07, 6.45) is 3.92. The Labute approximate surface area is 296 Å². The Balaban J connectivity index is 1.15. The molecule has 0 aliphatic rings. The summed E-state index contributed by atoms with van der Waals surface area (Å²) in [5.74, 6) is 2.32. The van der Waals surface area contributed by atoms with E-state index >= 15 is 0 Å². The van der Waals surface area contributed by atoms with Crippen molar-refractivity contribution in [2.45, 2.75) is 47.0 Å². The Hall–Kier alpha value is -6.14. The SMILES string of the molecule is Cc1cc(C)c(-c2ccn(-c3cccc(Oc4ccc5c6cc7oc8ccccc8c7cc6n(-c6cc(C(C)(C)C)ccn6)c5c4)c3)n2)c(C)c1. The quantitative estimate of drug-likeness (QED) is 0.183. The van der Waals surface area contributed by atoms with Crippen molar-refractivity contribution in [2.24, 2.45) is 0 Å². The maximum Gasteiger partial charge on any atom is 0.137 e. The lowest BCUT2D eigenvalue weighted by molar-refractivity contribution is 0.483. The lowest BCUT2D eigenvalue weighted by Gasteiger charge is -2.20. The number of benzene rings is 5. The van der Waals surface area contributed by atoms with Gasteiger partial charge in [-0.3, -0.25) is 4.57 Å². The number of rotatable bonds is 5. The Morgan fingerprint density at radius 2 is 1.43 bits per heavy atom. The number of aromatic nitrogens is 4. The second kappa shape index (κ2) is 11.5. The van der Waals surface area contributed by atoms with Gasteiger partial charge in [0.05, 0.1) is 22.4 Å². The first-order valence-electron chi connectivity index (χ1n) is 17.4. The van der Waals surface area contributed by atoms with Crippen LogP contribution in [0.2, 0.25) is 0 Å². The summed E-state index contributed by atoms with van der Waals surface area (Å²) in [5.41, 5.74) is 11.8. The Morgan fingerprint density at radius 3 is 2.25 bits per heavy atom. The topological polar surface area (TPSA) is 58.0 Å². The number of nitrogens with zero attached hydrogens (tertiary/aromatic N) is 4. The van der Waals surface area contributed by atoms with Crippen molar-refractivity contribution in [1.82, 2.24) is 19.3 Å². The first kappa shape index (κ1) is 30.9. The highest BCUT2D eigenvalue weighted by molar-refractivity contribution is 6.17. The predicted octanol–water partition coefficient (Wildman–Crippen LogP) is 11.9. The number of furan rings is 1. The highest BCUT2D eigenvalue weighted by Gasteiger charge is 2.20. The average molecular weight is 667 g/mol. The van der Waals surface area contributed by atoms with Crippen LogP contribution in [0.4, 0.5) is 0 Å². The molecule has 51 heavy (non-hydrogen) atoms. The number of para-hydroxylation sites is 1. The van der Waals surface area contributed by atoms with Crippen LogP contribution in [0, 0.1) is 20.8 Å². The molecule has 6 heteroatoms. The molecule has 6 nitrogen and oxygen atoms in total. The number of hydrogen-bond acceptors (Lipinski definition) is 4. The van der Waals surface area contributed by atoms with E-state index in [4.69, 9.17) is 19.2 Å². The minimum Gasteiger partial charge on any atom is -0.457 e. The summed E-state index contributed by atoms with van der Waals surface area (Å²) >= 11 is 0. The van der Waals surface area contributed by atoms with Crippen LogP contribution in [0.5, 0.6) is 11.5 Å². The van der Waals surface area contributed by atoms with Gasteiger partial charge in [0.1, 0.15) is 28.5 Å². The molecule has 0 amide bonds. The Kier molecular flexibility index (Phi) is 6.94. The molecule has 0 aliphatic heterocycles. The Bertz CT molecular complexity index is 2790. The molecular weight excluding hydrogens is 629 g/mol. The number of pyridine rings is 1. The predicted molar refractivity (Wildman–Crippen MR) is 208 cm³/mol. The van der Waals surface area contributed by atoms with Crippen molar-refractivity contribution in [2.75, 3.05) is 0 Å². The zero-order valence-corrected chi connectivity index (χ0v) is 29.7. The highest BCUT2D eigenvalue weighted by atomic mass is 16.5. The molecule has 4 heterocycles. The van der Waals surface area contributed by atoms with Gasteiger partial charge >= 0.3 is 0 Å². The lowest BCUT2D eigenvalue weighted by Crippen LogP contribution is -2.12. The summed E-state index contributed by atoms with van der Waals surface area (Å²) in [4.78, 5) is 4.91. The molecule has 0 N–H and O–H groups in total. The summed E-state index contributed by atoms with van der Waals surface area (Å²) in [6, 6.07) is 37.8. The Morgan fingerprint density at radius 1 is 0.647 bits per heavy atom. The van der Waals surface area contributed by atoms with Crippen molar-refractivity contribution in [3.05, 3.63) is 144 Å². The smallest absolute Gasteiger partial charge is 0.137 e. The van der Waals surface area contributed by atoms with E-state index in [2.05, 4.69) is 113 Å². The van der Waals surface area contributed by atoms with Crippen molar-refractivity contribution in [1.29, 1.82) is 0 Å². The second-order valence-electron chi connectivity index (χ2n) is 14.6. The largest absolute Gasteiger partial charge is 0.457 e. The van der Waals surface area contributed by atoms with Gasteiger partial charge in [0.25, 0.3) is 0 Å². The molecule has 0 saturated heterocycles. The van der Waals surface area contributed by atoms with Crippen LogP contribution in [-0.4, -0.2) is 19.3 Å². The molecule has 0 atom stereocenters. The normalized spacial score (nSPS) is 12.1. The van der Waals surface area contributed by atoms with E-state index in [1.165, 1.54) is 27.8 Å². The van der Waals surface area contributed by atoms with Crippen LogP contribution in [-0.2, 0) is 5.41 Å². The van der Waals surface area contributed by atoms with Crippen LogP contribution in [0.1, 0.15) is 43.0 Å². The summed E-state index contributed by atoms with van der Waals surface area (Å²) < 4.78 is 17.1. The molecule has 9 aromatic rings. The fourth-order valence-electron chi connectivity index (χ4n) is 7.54. The van der Waals surface area contributed by atoms with E-state index in [9.17, 15) is 0 Å². The monoisotopic (exact) mass is 666 g/mol. The molecule has 250 valence electrons. The van der Waals surface area contributed by atoms with E-state index < -0.39 is 0 Å². The van der Waals surface area contributed by atoms with Gasteiger partial charge in [0.15, 0.2) is 0 Å². The number of aryl methyl sites for hydroxylation is 3. The molecule has 5 aromatic carbocycles. The minimum atomic E-state index is -0.0309. The first-order chi connectivity index (χ1) is 24.6. The van der Waals surface area contributed by atoms with E-state index in [0.29, 0.717) is 0 Å². The van der Waals surface area contributed by atoms with Crippen LogP contribution in [0.3, 0.4) is 0 Å². The maximum atomic E-state index is 6.58. The molecule has 0 saturated carbocycles. The third-order valence-electron chi connectivity index (χ3n) is 9.92. The van der Waals surface area contributed by atoms with Crippen LogP contribution in [0.15, 0.2) is 126 Å². The molecule has 0 spiro atoms. The van der Waals surface area contributed by atoms with Gasteiger partial charge in [-0.15, -0.1) is 0 Å². The molecule has 4 aromatic heterocycles. The summed E-state index contributed by atoms with van der Waals surface area (Å²) in [6.45, 7) is 13.1.